The summed E-state index contributed by atoms with van der Waals surface area (Å²) in [6.45, 7) is 3.78. The quantitative estimate of drug-likeness (QED) is 0.492. The van der Waals surface area contributed by atoms with Gasteiger partial charge in [-0.05, 0) is 61.0 Å². The van der Waals surface area contributed by atoms with Crippen molar-refractivity contribution in [1.82, 2.24) is 19.9 Å². The maximum Gasteiger partial charge on any atom is 0.277 e. The van der Waals surface area contributed by atoms with Crippen molar-refractivity contribution < 1.29 is 4.79 Å². The topological polar surface area (TPSA) is 80.1 Å². The van der Waals surface area contributed by atoms with Crippen LogP contribution in [0.4, 0.5) is 5.95 Å². The van der Waals surface area contributed by atoms with E-state index in [9.17, 15) is 9.59 Å². The third-order valence-electron chi connectivity index (χ3n) is 6.05. The van der Waals surface area contributed by atoms with Gasteiger partial charge in [-0.1, -0.05) is 17.7 Å². The van der Waals surface area contributed by atoms with Crippen LogP contribution in [0.2, 0.25) is 0 Å². The highest BCUT2D eigenvalue weighted by atomic mass is 32.1. The molecule has 1 atom stereocenters. The van der Waals surface area contributed by atoms with Crippen molar-refractivity contribution in [3.05, 3.63) is 81.7 Å². The molecular formula is C25H25N5O2S. The second-order valence-electron chi connectivity index (χ2n) is 8.38. The largest absolute Gasteiger partial charge is 0.352 e. The van der Waals surface area contributed by atoms with Gasteiger partial charge >= 0.3 is 0 Å². The number of nitrogens with one attached hydrogen (secondary N) is 1. The highest BCUT2D eigenvalue weighted by Gasteiger charge is 2.29. The molecule has 0 radical (unpaired) electrons. The molecule has 8 heteroatoms. The number of hydrogen-bond acceptors (Lipinski definition) is 6. The lowest BCUT2D eigenvalue weighted by Crippen LogP contribution is -2.45. The summed E-state index contributed by atoms with van der Waals surface area (Å²) in [5.74, 6) is 0.459. The van der Waals surface area contributed by atoms with Gasteiger partial charge in [-0.15, -0.1) is 11.3 Å². The van der Waals surface area contributed by atoms with E-state index in [0.29, 0.717) is 29.3 Å². The second kappa shape index (κ2) is 9.15. The zero-order valence-electron chi connectivity index (χ0n) is 18.4. The van der Waals surface area contributed by atoms with E-state index in [-0.39, 0.29) is 17.4 Å². The molecule has 1 fully saturated rings. The molecule has 0 aliphatic carbocycles. The second-order valence-corrected chi connectivity index (χ2v) is 9.30. The molecule has 0 unspecified atom stereocenters. The number of piperidine rings is 1. The molecule has 1 aliphatic heterocycles. The van der Waals surface area contributed by atoms with Crippen LogP contribution in [-0.2, 0) is 11.3 Å². The Kier molecular flexibility index (Phi) is 5.92. The fraction of sp³-hybridized carbons (Fsp3) is 0.280. The van der Waals surface area contributed by atoms with Crippen LogP contribution in [0.5, 0.6) is 0 Å². The van der Waals surface area contributed by atoms with Crippen molar-refractivity contribution in [3.63, 3.8) is 0 Å². The Hall–Kier alpha value is -3.52. The number of thiophene rings is 1. The molecule has 5 rings (SSSR count). The Morgan fingerprint density at radius 3 is 2.73 bits per heavy atom. The molecule has 168 valence electrons. The van der Waals surface area contributed by atoms with E-state index in [0.717, 1.165) is 36.2 Å². The fourth-order valence-electron chi connectivity index (χ4n) is 4.25. The average Bonchev–Trinajstić information content (AvgIpc) is 3.33. The molecule has 7 nitrogen and oxygen atoms in total. The van der Waals surface area contributed by atoms with Gasteiger partial charge in [-0.3, -0.25) is 14.6 Å². The minimum Gasteiger partial charge on any atom is -0.352 e. The van der Waals surface area contributed by atoms with Gasteiger partial charge in [-0.2, -0.15) is 0 Å². The molecule has 1 aliphatic rings. The van der Waals surface area contributed by atoms with Crippen LogP contribution in [0.1, 0.15) is 24.0 Å². The lowest BCUT2D eigenvalue weighted by molar-refractivity contribution is -0.125. The van der Waals surface area contributed by atoms with Crippen molar-refractivity contribution in [2.24, 2.45) is 5.92 Å². The first kappa shape index (κ1) is 21.3. The summed E-state index contributed by atoms with van der Waals surface area (Å²) < 4.78 is 2.33. The first-order chi connectivity index (χ1) is 16.1. The van der Waals surface area contributed by atoms with Crippen LogP contribution in [0.15, 0.2) is 65.0 Å². The van der Waals surface area contributed by atoms with Crippen LogP contribution in [0, 0.1) is 12.8 Å². The van der Waals surface area contributed by atoms with Crippen LogP contribution < -0.4 is 15.8 Å². The molecule has 1 N–H and O–H groups in total. The Bertz CT molecular complexity index is 1330. The number of aromatic nitrogens is 3. The predicted molar refractivity (Wildman–Crippen MR) is 131 cm³/mol. The number of hydrogen-bond donors (Lipinski definition) is 1. The first-order valence-corrected chi connectivity index (χ1v) is 12.0. The number of carbonyl (C=O) groups excluding carboxylic acids is 1. The number of benzene rings is 1. The zero-order chi connectivity index (χ0) is 22.8. The smallest absolute Gasteiger partial charge is 0.277 e. The lowest BCUT2D eigenvalue weighted by Gasteiger charge is -2.34. The molecule has 0 spiro atoms. The zero-order valence-corrected chi connectivity index (χ0v) is 19.2. The molecule has 1 aromatic carbocycles. The van der Waals surface area contributed by atoms with Gasteiger partial charge in [0.05, 0.1) is 17.1 Å². The molecule has 4 aromatic rings. The third kappa shape index (κ3) is 4.39. The van der Waals surface area contributed by atoms with Crippen molar-refractivity contribution >= 4 is 33.4 Å². The van der Waals surface area contributed by atoms with Crippen LogP contribution >= 0.6 is 11.3 Å². The lowest BCUT2D eigenvalue weighted by atomic mass is 9.97. The van der Waals surface area contributed by atoms with Gasteiger partial charge in [0, 0.05) is 32.0 Å². The number of fused-ring (bicyclic) bond motifs is 1. The fourth-order valence-corrected chi connectivity index (χ4v) is 5.01. The van der Waals surface area contributed by atoms with Gasteiger partial charge in [0.2, 0.25) is 11.9 Å². The number of rotatable bonds is 5. The van der Waals surface area contributed by atoms with Crippen LogP contribution in [-0.4, -0.2) is 33.5 Å². The summed E-state index contributed by atoms with van der Waals surface area (Å²) >= 11 is 1.41. The van der Waals surface area contributed by atoms with E-state index >= 15 is 0 Å². The van der Waals surface area contributed by atoms with Crippen molar-refractivity contribution in [3.8, 4) is 5.69 Å². The van der Waals surface area contributed by atoms with Gasteiger partial charge in [0.1, 0.15) is 4.70 Å². The molecule has 3 aromatic heterocycles. The Morgan fingerprint density at radius 2 is 1.94 bits per heavy atom. The molecule has 1 saturated heterocycles. The maximum atomic E-state index is 13.4. The standard InChI is InChI=1S/C25H25N5O2S/c1-17-4-6-20(7-5-17)30-24(32)22-21(10-14-33-22)28-25(30)29-13-2-3-19(16-29)23(31)27-15-18-8-11-26-12-9-18/h4-12,14,19H,2-3,13,15-16H2,1H3,(H,27,31)/t19-/m0/s1. The van der Waals surface area contributed by atoms with Gasteiger partial charge < -0.3 is 10.2 Å². The number of amides is 1. The normalized spacial score (nSPS) is 16.2. The summed E-state index contributed by atoms with van der Waals surface area (Å²) in [7, 11) is 0. The van der Waals surface area contributed by atoms with Crippen molar-refractivity contribution in [1.29, 1.82) is 0 Å². The monoisotopic (exact) mass is 459 g/mol. The SMILES string of the molecule is Cc1ccc(-n2c(N3CCC[C@H](C(=O)NCc4ccncc4)C3)nc3ccsc3c2=O)cc1. The van der Waals surface area contributed by atoms with Crippen molar-refractivity contribution in [2.75, 3.05) is 18.0 Å². The predicted octanol–water partition coefficient (Wildman–Crippen LogP) is 3.68. The van der Waals surface area contributed by atoms with Gasteiger partial charge in [0.15, 0.2) is 0 Å². The highest BCUT2D eigenvalue weighted by Crippen LogP contribution is 2.26. The van der Waals surface area contributed by atoms with E-state index in [1.54, 1.807) is 17.0 Å². The maximum absolute atomic E-state index is 13.4. The molecular weight excluding hydrogens is 434 g/mol. The van der Waals surface area contributed by atoms with E-state index in [2.05, 4.69) is 15.2 Å². The molecule has 33 heavy (non-hydrogen) atoms. The Labute approximate surface area is 195 Å². The van der Waals surface area contributed by atoms with Gasteiger partial charge in [0.25, 0.3) is 5.56 Å². The number of pyridine rings is 1. The molecule has 0 saturated carbocycles. The van der Waals surface area contributed by atoms with E-state index in [1.165, 1.54) is 11.3 Å². The Morgan fingerprint density at radius 1 is 1.15 bits per heavy atom. The number of aryl methyl sites for hydroxylation is 1. The van der Waals surface area contributed by atoms with Crippen LogP contribution in [0.25, 0.3) is 15.9 Å². The highest BCUT2D eigenvalue weighted by molar-refractivity contribution is 7.17. The summed E-state index contributed by atoms with van der Waals surface area (Å²) in [5.41, 5.74) is 3.56. The summed E-state index contributed by atoms with van der Waals surface area (Å²) in [4.78, 5) is 37.3. The summed E-state index contributed by atoms with van der Waals surface area (Å²) in [5, 5.41) is 4.95. The van der Waals surface area contributed by atoms with E-state index < -0.39 is 0 Å². The van der Waals surface area contributed by atoms with Gasteiger partial charge in [-0.25, -0.2) is 9.55 Å². The van der Waals surface area contributed by atoms with Crippen molar-refractivity contribution in [2.45, 2.75) is 26.3 Å². The minimum absolute atomic E-state index is 0.0253. The minimum atomic E-state index is -0.165. The Balaban J connectivity index is 1.44. The molecule has 1 amide bonds. The summed E-state index contributed by atoms with van der Waals surface area (Å²) in [6, 6.07) is 13.6. The van der Waals surface area contributed by atoms with E-state index in [1.807, 2.05) is 54.8 Å². The summed E-state index contributed by atoms with van der Waals surface area (Å²) in [6.07, 6.45) is 5.12. The van der Waals surface area contributed by atoms with E-state index in [4.69, 9.17) is 4.98 Å². The molecule has 4 heterocycles. The third-order valence-corrected chi connectivity index (χ3v) is 6.94. The number of anilines is 1. The first-order valence-electron chi connectivity index (χ1n) is 11.1. The average molecular weight is 460 g/mol. The number of carbonyl (C=O) groups is 1. The van der Waals surface area contributed by atoms with Crippen LogP contribution in [0.3, 0.4) is 0 Å². The molecule has 0 bridgehead atoms. The number of nitrogens with zero attached hydrogens (tertiary/aromatic N) is 4.